The Kier molecular flexibility index (Phi) is 5.40. The number of benzene rings is 3. The number of nitriles is 1. The van der Waals surface area contributed by atoms with Crippen LogP contribution in [0.3, 0.4) is 0 Å². The first kappa shape index (κ1) is 19.7. The Morgan fingerprint density at radius 1 is 0.935 bits per heavy atom. The van der Waals surface area contributed by atoms with Crippen molar-refractivity contribution in [3.8, 4) is 6.19 Å². The van der Waals surface area contributed by atoms with Gasteiger partial charge in [0, 0.05) is 32.2 Å². The molecule has 1 unspecified atom stereocenters. The van der Waals surface area contributed by atoms with E-state index in [-0.39, 0.29) is 6.29 Å². The third-order valence-corrected chi connectivity index (χ3v) is 6.73. The topological polar surface area (TPSA) is 45.5 Å². The molecule has 31 heavy (non-hydrogen) atoms. The SMILES string of the molecule is CCN1c2ccccc2N(C2CCN(Cc3ccc4ccccc4c3)CC2)C1NC#N. The van der Waals surface area contributed by atoms with Crippen molar-refractivity contribution in [2.45, 2.75) is 38.6 Å². The minimum Gasteiger partial charge on any atom is -0.332 e. The number of hydrogen-bond donors (Lipinski definition) is 1. The molecular formula is C26H29N5. The molecule has 1 atom stereocenters. The zero-order valence-electron chi connectivity index (χ0n) is 18.0. The summed E-state index contributed by atoms with van der Waals surface area (Å²) in [5.41, 5.74) is 3.84. The minimum atomic E-state index is -0.0931. The van der Waals surface area contributed by atoms with Gasteiger partial charge in [-0.3, -0.25) is 10.2 Å². The second kappa shape index (κ2) is 8.49. The van der Waals surface area contributed by atoms with Gasteiger partial charge in [0.2, 0.25) is 0 Å². The van der Waals surface area contributed by atoms with E-state index in [1.54, 1.807) is 0 Å². The van der Waals surface area contributed by atoms with Gasteiger partial charge in [-0.2, -0.15) is 5.26 Å². The summed E-state index contributed by atoms with van der Waals surface area (Å²) in [6.45, 7) is 6.16. The monoisotopic (exact) mass is 411 g/mol. The molecule has 2 aliphatic heterocycles. The molecule has 0 aliphatic carbocycles. The fourth-order valence-corrected chi connectivity index (χ4v) is 5.23. The van der Waals surface area contributed by atoms with E-state index in [2.05, 4.69) is 99.9 Å². The molecule has 5 heteroatoms. The highest BCUT2D eigenvalue weighted by molar-refractivity contribution is 5.83. The van der Waals surface area contributed by atoms with E-state index >= 15 is 0 Å². The summed E-state index contributed by atoms with van der Waals surface area (Å²) >= 11 is 0. The number of nitrogens with zero attached hydrogens (tertiary/aromatic N) is 4. The number of nitrogens with one attached hydrogen (secondary N) is 1. The number of para-hydroxylation sites is 2. The van der Waals surface area contributed by atoms with Gasteiger partial charge >= 0.3 is 0 Å². The molecule has 0 saturated carbocycles. The van der Waals surface area contributed by atoms with E-state index in [1.165, 1.54) is 27.7 Å². The molecule has 2 heterocycles. The molecule has 0 bridgehead atoms. The highest BCUT2D eigenvalue weighted by atomic mass is 15.5. The van der Waals surface area contributed by atoms with Crippen LogP contribution in [0.4, 0.5) is 11.4 Å². The molecule has 3 aromatic carbocycles. The molecule has 5 rings (SSSR count). The van der Waals surface area contributed by atoms with Gasteiger partial charge < -0.3 is 9.80 Å². The lowest BCUT2D eigenvalue weighted by Gasteiger charge is -2.41. The van der Waals surface area contributed by atoms with Crippen molar-refractivity contribution >= 4 is 22.1 Å². The maximum absolute atomic E-state index is 9.39. The zero-order chi connectivity index (χ0) is 21.2. The number of fused-ring (bicyclic) bond motifs is 2. The van der Waals surface area contributed by atoms with Gasteiger partial charge in [0.05, 0.1) is 11.4 Å². The first-order valence-corrected chi connectivity index (χ1v) is 11.3. The number of rotatable bonds is 5. The average molecular weight is 412 g/mol. The van der Waals surface area contributed by atoms with Gasteiger partial charge in [-0.15, -0.1) is 0 Å². The summed E-state index contributed by atoms with van der Waals surface area (Å²) in [7, 11) is 0. The molecule has 2 aliphatic rings. The van der Waals surface area contributed by atoms with E-state index in [0.29, 0.717) is 6.04 Å². The van der Waals surface area contributed by atoms with Gasteiger partial charge in [0.25, 0.3) is 0 Å². The number of piperidine rings is 1. The normalized spacial score (nSPS) is 19.4. The average Bonchev–Trinajstić information content (AvgIpc) is 3.13. The Labute approximate surface area is 184 Å². The van der Waals surface area contributed by atoms with Gasteiger partial charge in [-0.25, -0.2) is 0 Å². The maximum atomic E-state index is 9.39. The molecule has 158 valence electrons. The highest BCUT2D eigenvalue weighted by Crippen LogP contribution is 2.41. The van der Waals surface area contributed by atoms with Gasteiger partial charge in [-0.05, 0) is 54.3 Å². The standard InChI is InChI=1S/C26H29N5/c1-2-30-24-9-5-6-10-25(24)31(26(30)28-19-27)23-13-15-29(16-14-23)18-20-11-12-21-7-3-4-8-22(21)17-20/h3-12,17,23,26,28H,2,13-16,18H2,1H3. The molecule has 1 fully saturated rings. The van der Waals surface area contributed by atoms with Crippen LogP contribution in [0.2, 0.25) is 0 Å². The van der Waals surface area contributed by atoms with Crippen LogP contribution in [0.5, 0.6) is 0 Å². The van der Waals surface area contributed by atoms with Crippen molar-refractivity contribution < 1.29 is 0 Å². The molecule has 5 nitrogen and oxygen atoms in total. The largest absolute Gasteiger partial charge is 0.332 e. The Morgan fingerprint density at radius 3 is 2.39 bits per heavy atom. The molecule has 1 N–H and O–H groups in total. The molecule has 1 saturated heterocycles. The summed E-state index contributed by atoms with van der Waals surface area (Å²) in [5, 5.41) is 15.1. The fraction of sp³-hybridized carbons (Fsp3) is 0.346. The second-order valence-corrected chi connectivity index (χ2v) is 8.50. The highest BCUT2D eigenvalue weighted by Gasteiger charge is 2.39. The van der Waals surface area contributed by atoms with Gasteiger partial charge in [0.15, 0.2) is 12.5 Å². The van der Waals surface area contributed by atoms with Crippen LogP contribution in [-0.4, -0.2) is 36.9 Å². The Bertz CT molecular complexity index is 1100. The lowest BCUT2D eigenvalue weighted by atomic mass is 10.0. The smallest absolute Gasteiger partial charge is 0.187 e. The van der Waals surface area contributed by atoms with E-state index < -0.39 is 0 Å². The lowest BCUT2D eigenvalue weighted by Crippen LogP contribution is -2.57. The van der Waals surface area contributed by atoms with Gasteiger partial charge in [0.1, 0.15) is 0 Å². The quantitative estimate of drug-likeness (QED) is 0.495. The van der Waals surface area contributed by atoms with Crippen molar-refractivity contribution in [3.63, 3.8) is 0 Å². The minimum absolute atomic E-state index is 0.0931. The Hall–Kier alpha value is -3.23. The first-order valence-electron chi connectivity index (χ1n) is 11.3. The number of anilines is 2. The van der Waals surface area contributed by atoms with Crippen LogP contribution in [-0.2, 0) is 6.54 Å². The molecule has 3 aromatic rings. The van der Waals surface area contributed by atoms with Gasteiger partial charge in [-0.1, -0.05) is 48.5 Å². The lowest BCUT2D eigenvalue weighted by molar-refractivity contribution is 0.197. The van der Waals surface area contributed by atoms with E-state index in [4.69, 9.17) is 0 Å². The molecule has 0 spiro atoms. The maximum Gasteiger partial charge on any atom is 0.187 e. The summed E-state index contributed by atoms with van der Waals surface area (Å²) in [5.74, 6) is 0. The third-order valence-electron chi connectivity index (χ3n) is 6.73. The van der Waals surface area contributed by atoms with E-state index in [1.807, 2.05) is 0 Å². The number of likely N-dealkylation sites (tertiary alicyclic amines) is 1. The van der Waals surface area contributed by atoms with Crippen molar-refractivity contribution in [2.75, 3.05) is 29.4 Å². The van der Waals surface area contributed by atoms with Crippen LogP contribution < -0.4 is 15.1 Å². The van der Waals surface area contributed by atoms with Crippen LogP contribution in [0, 0.1) is 11.5 Å². The van der Waals surface area contributed by atoms with E-state index in [0.717, 1.165) is 39.0 Å². The summed E-state index contributed by atoms with van der Waals surface area (Å²) < 4.78 is 0. The number of hydrogen-bond acceptors (Lipinski definition) is 5. The van der Waals surface area contributed by atoms with Crippen LogP contribution in [0.15, 0.2) is 66.7 Å². The summed E-state index contributed by atoms with van der Waals surface area (Å²) in [6.07, 6.45) is 4.30. The van der Waals surface area contributed by atoms with Crippen LogP contribution >= 0.6 is 0 Å². The fourth-order valence-electron chi connectivity index (χ4n) is 5.23. The van der Waals surface area contributed by atoms with Crippen LogP contribution in [0.25, 0.3) is 10.8 Å². The van der Waals surface area contributed by atoms with Crippen molar-refractivity contribution in [1.29, 1.82) is 5.26 Å². The second-order valence-electron chi connectivity index (χ2n) is 8.50. The molecule has 0 amide bonds. The van der Waals surface area contributed by atoms with Crippen molar-refractivity contribution in [3.05, 3.63) is 72.3 Å². The Balaban J connectivity index is 1.29. The predicted molar refractivity (Wildman–Crippen MR) is 127 cm³/mol. The Morgan fingerprint density at radius 2 is 1.65 bits per heavy atom. The van der Waals surface area contributed by atoms with Crippen molar-refractivity contribution in [1.82, 2.24) is 10.2 Å². The molecular weight excluding hydrogens is 382 g/mol. The van der Waals surface area contributed by atoms with E-state index in [9.17, 15) is 5.26 Å². The first-order chi connectivity index (χ1) is 15.3. The van der Waals surface area contributed by atoms with Crippen molar-refractivity contribution in [2.24, 2.45) is 0 Å². The third kappa shape index (κ3) is 3.68. The zero-order valence-corrected chi connectivity index (χ0v) is 18.0. The summed E-state index contributed by atoms with van der Waals surface area (Å²) in [4.78, 5) is 7.29. The summed E-state index contributed by atoms with van der Waals surface area (Å²) in [6, 6.07) is 24.4. The molecule has 0 aromatic heterocycles. The molecule has 0 radical (unpaired) electrons. The predicted octanol–water partition coefficient (Wildman–Crippen LogP) is 4.50. The van der Waals surface area contributed by atoms with Crippen LogP contribution in [0.1, 0.15) is 25.3 Å².